The van der Waals surface area contributed by atoms with Crippen LogP contribution in [0.5, 0.6) is 0 Å². The number of ether oxygens (including phenoxy) is 1. The minimum Gasteiger partial charge on any atom is -0.375 e. The van der Waals surface area contributed by atoms with Crippen molar-refractivity contribution in [2.75, 3.05) is 24.4 Å². The van der Waals surface area contributed by atoms with Crippen molar-refractivity contribution in [2.24, 2.45) is 0 Å². The Hall–Kier alpha value is -1.93. The molecule has 0 bridgehead atoms. The lowest BCUT2D eigenvalue weighted by molar-refractivity contribution is -0.119. The van der Waals surface area contributed by atoms with Crippen molar-refractivity contribution >= 4 is 45.8 Å². The molecule has 0 atom stereocenters. The van der Waals surface area contributed by atoms with Crippen molar-refractivity contribution in [3.05, 3.63) is 57.7 Å². The molecule has 0 saturated carbocycles. The summed E-state index contributed by atoms with van der Waals surface area (Å²) in [7, 11) is 1.46. The third-order valence-electron chi connectivity index (χ3n) is 2.82. The summed E-state index contributed by atoms with van der Waals surface area (Å²) in [6, 6.07) is 14.3. The standard InChI is InChI=1S/C16H15IN2O3/c1-22-10-15(20)18-11-6-8-12(9-7-11)19-16(21)13-4-2-3-5-14(13)17/h2-9H,10H2,1H3,(H,18,20)(H,19,21). The average molecular weight is 410 g/mol. The summed E-state index contributed by atoms with van der Waals surface area (Å²) >= 11 is 2.12. The Morgan fingerprint density at radius 3 is 2.18 bits per heavy atom. The van der Waals surface area contributed by atoms with Crippen molar-refractivity contribution in [1.82, 2.24) is 0 Å². The molecule has 0 spiro atoms. The number of carbonyl (C=O) groups is 2. The summed E-state index contributed by atoms with van der Waals surface area (Å²) < 4.78 is 5.63. The van der Waals surface area contributed by atoms with Gasteiger partial charge < -0.3 is 15.4 Å². The van der Waals surface area contributed by atoms with Gasteiger partial charge in [-0.05, 0) is 59.0 Å². The number of halogens is 1. The number of amides is 2. The number of methoxy groups -OCH3 is 1. The quantitative estimate of drug-likeness (QED) is 0.745. The Morgan fingerprint density at radius 1 is 1.00 bits per heavy atom. The van der Waals surface area contributed by atoms with E-state index in [0.29, 0.717) is 16.9 Å². The molecule has 5 nitrogen and oxygen atoms in total. The Morgan fingerprint density at radius 2 is 1.59 bits per heavy atom. The van der Waals surface area contributed by atoms with Crippen LogP contribution in [0, 0.1) is 3.57 Å². The van der Waals surface area contributed by atoms with Crippen molar-refractivity contribution in [2.45, 2.75) is 0 Å². The molecular weight excluding hydrogens is 395 g/mol. The van der Waals surface area contributed by atoms with Crippen LogP contribution < -0.4 is 10.6 Å². The molecule has 0 unspecified atom stereocenters. The van der Waals surface area contributed by atoms with Gasteiger partial charge in [-0.15, -0.1) is 0 Å². The van der Waals surface area contributed by atoms with Crippen LogP contribution in [-0.2, 0) is 9.53 Å². The molecule has 2 aromatic rings. The average Bonchev–Trinajstić information content (AvgIpc) is 2.50. The Bertz CT molecular complexity index is 671. The van der Waals surface area contributed by atoms with Crippen LogP contribution in [-0.4, -0.2) is 25.5 Å². The van der Waals surface area contributed by atoms with E-state index < -0.39 is 0 Å². The lowest BCUT2D eigenvalue weighted by Crippen LogP contribution is -2.17. The molecule has 2 aromatic carbocycles. The van der Waals surface area contributed by atoms with E-state index >= 15 is 0 Å². The van der Waals surface area contributed by atoms with E-state index in [-0.39, 0.29) is 18.4 Å². The number of anilines is 2. The summed E-state index contributed by atoms with van der Waals surface area (Å²) in [6.45, 7) is 0.00489. The SMILES string of the molecule is COCC(=O)Nc1ccc(NC(=O)c2ccccc2I)cc1. The van der Waals surface area contributed by atoms with Gasteiger partial charge in [0.2, 0.25) is 5.91 Å². The van der Waals surface area contributed by atoms with Gasteiger partial charge in [-0.2, -0.15) is 0 Å². The normalized spacial score (nSPS) is 10.1. The molecule has 0 aliphatic carbocycles. The van der Waals surface area contributed by atoms with Gasteiger partial charge in [-0.1, -0.05) is 12.1 Å². The molecule has 0 aromatic heterocycles. The van der Waals surface area contributed by atoms with Crippen molar-refractivity contribution < 1.29 is 14.3 Å². The van der Waals surface area contributed by atoms with Gasteiger partial charge in [-0.3, -0.25) is 9.59 Å². The predicted octanol–water partition coefficient (Wildman–Crippen LogP) is 3.13. The molecule has 0 saturated heterocycles. The van der Waals surface area contributed by atoms with Gasteiger partial charge in [0.1, 0.15) is 6.61 Å². The maximum absolute atomic E-state index is 12.2. The van der Waals surface area contributed by atoms with Crippen LogP contribution in [0.4, 0.5) is 11.4 Å². The first-order valence-corrected chi connectivity index (χ1v) is 7.63. The minimum atomic E-state index is -0.224. The second-order valence-electron chi connectivity index (χ2n) is 4.49. The first kappa shape index (κ1) is 16.4. The molecule has 2 rings (SSSR count). The summed E-state index contributed by atoms with van der Waals surface area (Å²) in [5, 5.41) is 5.51. The number of hydrogen-bond acceptors (Lipinski definition) is 3. The topological polar surface area (TPSA) is 67.4 Å². The number of hydrogen-bond donors (Lipinski definition) is 2. The zero-order chi connectivity index (χ0) is 15.9. The van der Waals surface area contributed by atoms with Crippen molar-refractivity contribution in [1.29, 1.82) is 0 Å². The van der Waals surface area contributed by atoms with E-state index in [1.165, 1.54) is 7.11 Å². The number of nitrogens with one attached hydrogen (secondary N) is 2. The highest BCUT2D eigenvalue weighted by Gasteiger charge is 2.09. The highest BCUT2D eigenvalue weighted by molar-refractivity contribution is 14.1. The number of rotatable bonds is 5. The van der Waals surface area contributed by atoms with Crippen LogP contribution in [0.15, 0.2) is 48.5 Å². The van der Waals surface area contributed by atoms with E-state index in [0.717, 1.165) is 3.57 Å². The smallest absolute Gasteiger partial charge is 0.256 e. The van der Waals surface area contributed by atoms with E-state index in [9.17, 15) is 9.59 Å². The summed E-state index contributed by atoms with van der Waals surface area (Å²) in [6.07, 6.45) is 0. The van der Waals surface area contributed by atoms with E-state index in [1.807, 2.05) is 18.2 Å². The van der Waals surface area contributed by atoms with E-state index in [4.69, 9.17) is 4.74 Å². The highest BCUT2D eigenvalue weighted by atomic mass is 127. The molecule has 114 valence electrons. The lowest BCUT2D eigenvalue weighted by atomic mass is 10.2. The maximum Gasteiger partial charge on any atom is 0.256 e. The molecule has 2 amide bonds. The van der Waals surface area contributed by atoms with Crippen LogP contribution >= 0.6 is 22.6 Å². The zero-order valence-corrected chi connectivity index (χ0v) is 14.1. The number of carbonyl (C=O) groups excluding carboxylic acids is 2. The van der Waals surface area contributed by atoms with Crippen LogP contribution in [0.1, 0.15) is 10.4 Å². The molecule has 2 N–H and O–H groups in total. The lowest BCUT2D eigenvalue weighted by Gasteiger charge is -2.08. The second-order valence-corrected chi connectivity index (χ2v) is 5.65. The first-order chi connectivity index (χ1) is 10.6. The monoisotopic (exact) mass is 410 g/mol. The van der Waals surface area contributed by atoms with E-state index in [1.54, 1.807) is 30.3 Å². The molecule has 0 fully saturated rings. The van der Waals surface area contributed by atoms with Gasteiger partial charge in [0, 0.05) is 22.1 Å². The van der Waals surface area contributed by atoms with Crippen LogP contribution in [0.25, 0.3) is 0 Å². The third-order valence-corrected chi connectivity index (χ3v) is 3.76. The third kappa shape index (κ3) is 4.54. The van der Waals surface area contributed by atoms with Gasteiger partial charge >= 0.3 is 0 Å². The fourth-order valence-electron chi connectivity index (χ4n) is 1.81. The largest absolute Gasteiger partial charge is 0.375 e. The Kier molecular flexibility index (Phi) is 5.91. The van der Waals surface area contributed by atoms with Crippen LogP contribution in [0.2, 0.25) is 0 Å². The highest BCUT2D eigenvalue weighted by Crippen LogP contribution is 2.17. The molecule has 0 aliphatic heterocycles. The molecule has 6 heteroatoms. The minimum absolute atomic E-state index is 0.00489. The molecular formula is C16H15IN2O3. The van der Waals surface area contributed by atoms with E-state index in [2.05, 4.69) is 33.2 Å². The predicted molar refractivity (Wildman–Crippen MR) is 94.1 cm³/mol. The van der Waals surface area contributed by atoms with Crippen LogP contribution in [0.3, 0.4) is 0 Å². The molecule has 0 radical (unpaired) electrons. The van der Waals surface area contributed by atoms with Gasteiger partial charge in [-0.25, -0.2) is 0 Å². The Labute approximate surface area is 142 Å². The summed E-state index contributed by atoms with van der Waals surface area (Å²) in [5.41, 5.74) is 1.93. The van der Waals surface area contributed by atoms with Gasteiger partial charge in [0.25, 0.3) is 5.91 Å². The Balaban J connectivity index is 2.01. The zero-order valence-electron chi connectivity index (χ0n) is 11.9. The van der Waals surface area contributed by atoms with Crippen molar-refractivity contribution in [3.8, 4) is 0 Å². The second kappa shape index (κ2) is 7.90. The number of benzene rings is 2. The summed E-state index contributed by atoms with van der Waals surface area (Å²) in [4.78, 5) is 23.6. The fraction of sp³-hybridized carbons (Fsp3) is 0.125. The molecule has 0 heterocycles. The maximum atomic E-state index is 12.2. The summed E-state index contributed by atoms with van der Waals surface area (Å²) in [5.74, 6) is -0.390. The van der Waals surface area contributed by atoms with Gasteiger partial charge in [0.05, 0.1) is 5.56 Å². The molecule has 0 aliphatic rings. The first-order valence-electron chi connectivity index (χ1n) is 6.55. The fourth-order valence-corrected chi connectivity index (χ4v) is 2.44. The van der Waals surface area contributed by atoms with Gasteiger partial charge in [0.15, 0.2) is 0 Å². The van der Waals surface area contributed by atoms with Crippen molar-refractivity contribution in [3.63, 3.8) is 0 Å². The molecule has 22 heavy (non-hydrogen) atoms.